The van der Waals surface area contributed by atoms with E-state index in [-0.39, 0.29) is 0 Å². The summed E-state index contributed by atoms with van der Waals surface area (Å²) in [6.45, 7) is 0.937. The van der Waals surface area contributed by atoms with Crippen molar-refractivity contribution in [2.24, 2.45) is 5.92 Å². The highest BCUT2D eigenvalue weighted by Gasteiger charge is 2.30. The van der Waals surface area contributed by atoms with E-state index >= 15 is 0 Å². The van der Waals surface area contributed by atoms with E-state index in [1.54, 1.807) is 12.1 Å². The summed E-state index contributed by atoms with van der Waals surface area (Å²) >= 11 is 0. The third kappa shape index (κ3) is 3.38. The van der Waals surface area contributed by atoms with Gasteiger partial charge in [-0.15, -0.1) is 0 Å². The van der Waals surface area contributed by atoms with Gasteiger partial charge in [0.15, 0.2) is 0 Å². The van der Waals surface area contributed by atoms with E-state index in [0.29, 0.717) is 5.92 Å². The molecule has 1 aromatic carbocycles. The number of alkyl halides is 3. The fourth-order valence-corrected chi connectivity index (χ4v) is 2.60. The molecule has 0 saturated heterocycles. The molecule has 0 aliphatic heterocycles. The lowest BCUT2D eigenvalue weighted by Gasteiger charge is -2.20. The minimum Gasteiger partial charge on any atom is -0.309 e. The van der Waals surface area contributed by atoms with Crippen LogP contribution in [0.2, 0.25) is 0 Å². The molecule has 0 N–H and O–H groups in total. The van der Waals surface area contributed by atoms with Crippen LogP contribution < -0.4 is 0 Å². The number of allylic oxidation sites excluding steroid dienone is 1. The average molecular weight is 269 g/mol. The maximum Gasteiger partial charge on any atom is 0.416 e. The van der Waals surface area contributed by atoms with Gasteiger partial charge in [-0.1, -0.05) is 18.2 Å². The van der Waals surface area contributed by atoms with E-state index in [9.17, 15) is 13.2 Å². The van der Waals surface area contributed by atoms with E-state index in [0.717, 1.165) is 24.9 Å². The number of hydrogen-bond acceptors (Lipinski definition) is 1. The van der Waals surface area contributed by atoms with Crippen molar-refractivity contribution >= 4 is 5.57 Å². The molecule has 0 saturated carbocycles. The predicted octanol–water partition coefficient (Wildman–Crippen LogP) is 4.06. The summed E-state index contributed by atoms with van der Waals surface area (Å²) < 4.78 is 37.6. The van der Waals surface area contributed by atoms with E-state index in [1.165, 1.54) is 17.7 Å². The Balaban J connectivity index is 2.18. The zero-order valence-corrected chi connectivity index (χ0v) is 11.2. The SMILES string of the molecule is CN(C)C[C@@H]1CCC=C1c1ccc(C(F)(F)F)cc1. The molecule has 0 fully saturated rings. The molecule has 1 aromatic rings. The average Bonchev–Trinajstić information content (AvgIpc) is 2.75. The Kier molecular flexibility index (Phi) is 3.99. The highest BCUT2D eigenvalue weighted by atomic mass is 19.4. The summed E-state index contributed by atoms with van der Waals surface area (Å²) in [6, 6.07) is 5.51. The molecule has 19 heavy (non-hydrogen) atoms. The zero-order valence-electron chi connectivity index (χ0n) is 11.2. The quantitative estimate of drug-likeness (QED) is 0.799. The van der Waals surface area contributed by atoms with Crippen LogP contribution in [0.3, 0.4) is 0 Å². The van der Waals surface area contributed by atoms with Crippen LogP contribution in [-0.2, 0) is 6.18 Å². The lowest BCUT2D eigenvalue weighted by molar-refractivity contribution is -0.137. The van der Waals surface area contributed by atoms with Gasteiger partial charge in [-0.3, -0.25) is 0 Å². The normalized spacial score (nSPS) is 19.9. The lowest BCUT2D eigenvalue weighted by atomic mass is 9.94. The Morgan fingerprint density at radius 1 is 1.16 bits per heavy atom. The maximum absolute atomic E-state index is 12.5. The Hall–Kier alpha value is -1.29. The van der Waals surface area contributed by atoms with Crippen molar-refractivity contribution in [1.29, 1.82) is 0 Å². The molecule has 0 aromatic heterocycles. The van der Waals surface area contributed by atoms with Gasteiger partial charge in [-0.05, 0) is 56.1 Å². The molecule has 1 aliphatic rings. The summed E-state index contributed by atoms with van der Waals surface area (Å²) in [4.78, 5) is 2.12. The van der Waals surface area contributed by atoms with Gasteiger partial charge >= 0.3 is 6.18 Å². The monoisotopic (exact) mass is 269 g/mol. The molecule has 104 valence electrons. The maximum atomic E-state index is 12.5. The standard InChI is InChI=1S/C15H18F3N/c1-19(2)10-12-4-3-5-14(12)11-6-8-13(9-7-11)15(16,17)18/h5-9,12H,3-4,10H2,1-2H3/t12-/m0/s1. The lowest BCUT2D eigenvalue weighted by Crippen LogP contribution is -2.21. The highest BCUT2D eigenvalue weighted by Crippen LogP contribution is 2.36. The molecule has 0 unspecified atom stereocenters. The van der Waals surface area contributed by atoms with Crippen molar-refractivity contribution in [3.63, 3.8) is 0 Å². The molecule has 0 amide bonds. The third-order valence-electron chi connectivity index (χ3n) is 3.45. The van der Waals surface area contributed by atoms with Crippen LogP contribution >= 0.6 is 0 Å². The van der Waals surface area contributed by atoms with Gasteiger partial charge in [0, 0.05) is 6.54 Å². The Morgan fingerprint density at radius 2 is 1.79 bits per heavy atom. The Bertz CT molecular complexity index is 457. The summed E-state index contributed by atoms with van der Waals surface area (Å²) in [5.74, 6) is 0.423. The summed E-state index contributed by atoms with van der Waals surface area (Å²) in [5.41, 5.74) is 1.51. The first-order valence-electron chi connectivity index (χ1n) is 6.40. The zero-order chi connectivity index (χ0) is 14.0. The molecular formula is C15H18F3N. The minimum absolute atomic E-state index is 0.423. The number of rotatable bonds is 3. The van der Waals surface area contributed by atoms with E-state index < -0.39 is 11.7 Å². The first kappa shape index (κ1) is 14.1. The molecule has 1 aliphatic carbocycles. The fourth-order valence-electron chi connectivity index (χ4n) is 2.60. The second-order valence-electron chi connectivity index (χ2n) is 5.27. The second-order valence-corrected chi connectivity index (χ2v) is 5.27. The summed E-state index contributed by atoms with van der Waals surface area (Å²) in [6.07, 6.45) is -0.0220. The molecule has 2 rings (SSSR count). The molecule has 0 spiro atoms. The Morgan fingerprint density at radius 3 is 2.32 bits per heavy atom. The number of nitrogens with zero attached hydrogens (tertiary/aromatic N) is 1. The predicted molar refractivity (Wildman–Crippen MR) is 70.7 cm³/mol. The molecule has 4 heteroatoms. The van der Waals surface area contributed by atoms with Crippen LogP contribution in [0, 0.1) is 5.92 Å². The number of halogens is 3. The van der Waals surface area contributed by atoms with Crippen LogP contribution in [0.1, 0.15) is 24.0 Å². The van der Waals surface area contributed by atoms with Crippen LogP contribution in [-0.4, -0.2) is 25.5 Å². The minimum atomic E-state index is -4.26. The third-order valence-corrected chi connectivity index (χ3v) is 3.45. The summed E-state index contributed by atoms with van der Waals surface area (Å²) in [5, 5.41) is 0. The molecule has 0 heterocycles. The van der Waals surface area contributed by atoms with Gasteiger partial charge in [0.2, 0.25) is 0 Å². The van der Waals surface area contributed by atoms with E-state index in [2.05, 4.69) is 11.0 Å². The van der Waals surface area contributed by atoms with Crippen molar-refractivity contribution in [2.75, 3.05) is 20.6 Å². The van der Waals surface area contributed by atoms with Crippen LogP contribution in [0.15, 0.2) is 30.3 Å². The fraction of sp³-hybridized carbons (Fsp3) is 0.467. The van der Waals surface area contributed by atoms with Crippen LogP contribution in [0.5, 0.6) is 0 Å². The Labute approximate surface area is 111 Å². The van der Waals surface area contributed by atoms with Crippen molar-refractivity contribution in [3.05, 3.63) is 41.5 Å². The van der Waals surface area contributed by atoms with Crippen molar-refractivity contribution in [2.45, 2.75) is 19.0 Å². The van der Waals surface area contributed by atoms with Crippen molar-refractivity contribution < 1.29 is 13.2 Å². The first-order valence-corrected chi connectivity index (χ1v) is 6.40. The van der Waals surface area contributed by atoms with E-state index in [1.807, 2.05) is 14.1 Å². The number of hydrogen-bond donors (Lipinski definition) is 0. The molecular weight excluding hydrogens is 251 g/mol. The van der Waals surface area contributed by atoms with Gasteiger partial charge in [0.25, 0.3) is 0 Å². The number of benzene rings is 1. The van der Waals surface area contributed by atoms with Gasteiger partial charge in [-0.25, -0.2) is 0 Å². The van der Waals surface area contributed by atoms with Crippen molar-refractivity contribution in [3.8, 4) is 0 Å². The topological polar surface area (TPSA) is 3.24 Å². The van der Waals surface area contributed by atoms with Crippen LogP contribution in [0.25, 0.3) is 5.57 Å². The molecule has 0 bridgehead atoms. The molecule has 1 nitrogen and oxygen atoms in total. The molecule has 0 radical (unpaired) electrons. The van der Waals surface area contributed by atoms with Crippen molar-refractivity contribution in [1.82, 2.24) is 4.90 Å². The van der Waals surface area contributed by atoms with Gasteiger partial charge < -0.3 is 4.90 Å². The highest BCUT2D eigenvalue weighted by molar-refractivity contribution is 5.69. The van der Waals surface area contributed by atoms with Crippen LogP contribution in [0.4, 0.5) is 13.2 Å². The largest absolute Gasteiger partial charge is 0.416 e. The van der Waals surface area contributed by atoms with Gasteiger partial charge in [-0.2, -0.15) is 13.2 Å². The summed E-state index contributed by atoms with van der Waals surface area (Å²) in [7, 11) is 4.03. The molecule has 1 atom stereocenters. The first-order chi connectivity index (χ1) is 8.88. The van der Waals surface area contributed by atoms with Gasteiger partial charge in [0.05, 0.1) is 5.56 Å². The van der Waals surface area contributed by atoms with E-state index in [4.69, 9.17) is 0 Å². The second kappa shape index (κ2) is 5.37. The smallest absolute Gasteiger partial charge is 0.309 e. The van der Waals surface area contributed by atoms with Gasteiger partial charge in [0.1, 0.15) is 0 Å².